The number of aliphatic imine (C=N–C) groups is 1. The van der Waals surface area contributed by atoms with Crippen LogP contribution in [0.2, 0.25) is 0 Å². The Morgan fingerprint density at radius 3 is 1.85 bits per heavy atom. The van der Waals surface area contributed by atoms with Gasteiger partial charge in [-0.2, -0.15) is 0 Å². The normalized spacial score (nSPS) is 18.5. The molecule has 0 bridgehead atoms. The largest absolute Gasteiger partial charge is 0.372 e. The first-order chi connectivity index (χ1) is 38.3. The Morgan fingerprint density at radius 1 is 0.722 bits per heavy atom. The number of rotatable bonds is 24. The quantitative estimate of drug-likeness (QED) is 0.0265. The zero-order valence-corrected chi connectivity index (χ0v) is 49.5. The van der Waals surface area contributed by atoms with Gasteiger partial charge in [0.05, 0.1) is 78.0 Å². The number of ether oxygens (including phenoxy) is 3. The minimum Gasteiger partial charge on any atom is -0.372 e. The van der Waals surface area contributed by atoms with E-state index in [0.717, 1.165) is 151 Å². The highest BCUT2D eigenvalue weighted by molar-refractivity contribution is 9.11. The molecule has 3 fully saturated rings. The lowest BCUT2D eigenvalue weighted by molar-refractivity contribution is -0.129. The third-order valence-corrected chi connectivity index (χ3v) is 16.2. The van der Waals surface area contributed by atoms with Gasteiger partial charge in [-0.25, -0.2) is 15.0 Å². The lowest BCUT2D eigenvalue weighted by atomic mass is 10.0. The van der Waals surface area contributed by atoms with Gasteiger partial charge in [0.1, 0.15) is 36.3 Å². The summed E-state index contributed by atoms with van der Waals surface area (Å²) >= 11 is 7.56. The van der Waals surface area contributed by atoms with Crippen molar-refractivity contribution in [1.82, 2.24) is 40.5 Å². The molecule has 9 heterocycles. The summed E-state index contributed by atoms with van der Waals surface area (Å²) < 4.78 is 19.4. The van der Waals surface area contributed by atoms with Crippen molar-refractivity contribution >= 4 is 123 Å². The van der Waals surface area contributed by atoms with E-state index in [1.165, 1.54) is 5.71 Å². The van der Waals surface area contributed by atoms with Crippen LogP contribution >= 0.6 is 31.9 Å². The molecule has 6 aromatic rings. The van der Waals surface area contributed by atoms with Gasteiger partial charge in [0.15, 0.2) is 0 Å². The summed E-state index contributed by atoms with van der Waals surface area (Å²) in [7, 11) is 1.86. The van der Waals surface area contributed by atoms with Crippen LogP contribution in [-0.4, -0.2) is 163 Å². The van der Waals surface area contributed by atoms with E-state index >= 15 is 0 Å². The van der Waals surface area contributed by atoms with E-state index in [-0.39, 0.29) is 55.2 Å². The standard InChI is InChI=1S/C56H77Br2N15O6/c1-7-36-22-62-53-47(50(36)71-18-8-12-37(28-71)59-6)42(25-65-53)68-45(74)31-77-21-11-16-60-38-13-9-19-72(29-38)52-41(58)24-64-55-49(52)44(27-67-55)70-56(76)35(5)79-34(4)15-17-61-39-14-10-20-73(30-39)51-40(57)23-63-54-48(51)43(26-66-54)69-46(75)32-78-33(2)3/h22-27,33-35,38-39,60-61H,7-21,28-32H2,1-6H3,(H,62,65)(H,63,66)(H,64,67)(H,68,74)(H,69,75)(H,70,76)/t34?,35?,38-,39-/m1/s1. The predicted molar refractivity (Wildman–Crippen MR) is 321 cm³/mol. The smallest absolute Gasteiger partial charge is 0.253 e. The average Bonchev–Trinajstić information content (AvgIpc) is 4.32. The minimum atomic E-state index is -0.705. The number of aryl methyl sites for hydroxylation is 1. The van der Waals surface area contributed by atoms with E-state index in [2.05, 4.69) is 115 Å². The van der Waals surface area contributed by atoms with Crippen LogP contribution in [0, 0.1) is 0 Å². The molecule has 21 nitrogen and oxygen atoms in total. The first kappa shape index (κ1) is 58.0. The molecule has 9 rings (SSSR count). The van der Waals surface area contributed by atoms with Crippen LogP contribution in [0.25, 0.3) is 33.1 Å². The first-order valence-electron chi connectivity index (χ1n) is 28.0. The Hall–Kier alpha value is -5.69. The number of hydrogen-bond donors (Lipinski definition) is 8. The van der Waals surface area contributed by atoms with Gasteiger partial charge in [0.2, 0.25) is 11.8 Å². The molecule has 23 heteroatoms. The van der Waals surface area contributed by atoms with Gasteiger partial charge in [0, 0.05) is 101 Å². The zero-order valence-electron chi connectivity index (χ0n) is 46.3. The number of amides is 3. The Morgan fingerprint density at radius 2 is 1.27 bits per heavy atom. The second-order valence-corrected chi connectivity index (χ2v) is 22.9. The van der Waals surface area contributed by atoms with Gasteiger partial charge in [-0.05, 0) is 136 Å². The van der Waals surface area contributed by atoms with E-state index in [1.54, 1.807) is 25.5 Å². The lowest BCUT2D eigenvalue weighted by Crippen LogP contribution is -2.46. The van der Waals surface area contributed by atoms with Gasteiger partial charge in [-0.1, -0.05) is 6.92 Å². The summed E-state index contributed by atoms with van der Waals surface area (Å²) in [5.41, 5.74) is 9.54. The number of anilines is 6. The van der Waals surface area contributed by atoms with Crippen molar-refractivity contribution in [2.24, 2.45) is 4.99 Å². The number of halogens is 2. The number of aromatic amines is 3. The highest BCUT2D eigenvalue weighted by atomic mass is 79.9. The highest BCUT2D eigenvalue weighted by Gasteiger charge is 2.29. The molecule has 0 aromatic carbocycles. The summed E-state index contributed by atoms with van der Waals surface area (Å²) in [4.78, 5) is 75.0. The fourth-order valence-electron chi connectivity index (χ4n) is 11.1. The van der Waals surface area contributed by atoms with Crippen LogP contribution in [-0.2, 0) is 35.0 Å². The van der Waals surface area contributed by atoms with Gasteiger partial charge in [0.25, 0.3) is 5.91 Å². The number of nitrogens with one attached hydrogen (secondary N) is 8. The number of fused-ring (bicyclic) bond motifs is 3. The topological polar surface area (TPSA) is 247 Å². The van der Waals surface area contributed by atoms with Crippen LogP contribution in [0.15, 0.2) is 51.1 Å². The number of carbonyl (C=O) groups excluding carboxylic acids is 3. The Balaban J connectivity index is 0.721. The van der Waals surface area contributed by atoms with Crippen molar-refractivity contribution in [3.05, 3.63) is 51.7 Å². The van der Waals surface area contributed by atoms with Crippen molar-refractivity contribution in [2.75, 3.05) is 110 Å². The molecule has 3 aliphatic heterocycles. The number of hydrogen-bond acceptors (Lipinski definition) is 15. The minimum absolute atomic E-state index is 0.0287. The predicted octanol–water partition coefficient (Wildman–Crippen LogP) is 8.42. The number of nitrogens with zero attached hydrogens (tertiary/aromatic N) is 7. The highest BCUT2D eigenvalue weighted by Crippen LogP contribution is 2.41. The van der Waals surface area contributed by atoms with Crippen molar-refractivity contribution in [1.29, 1.82) is 0 Å². The maximum absolute atomic E-state index is 13.8. The SMILES string of the molecule is CCc1cnc2[nH]cc(NC(=O)COCCCN[C@@H]3CCCN(c4c(Br)cnc5[nH]cc(NC(=O)C(C)OC(C)CCN[C@@H]6CCCN(c7c(Br)cnc8[nH]cc(NC(=O)COC(C)C)c78)C6)c45)C3)c2c1N1CCCC(=NC)C1. The lowest BCUT2D eigenvalue weighted by Gasteiger charge is -2.36. The molecule has 8 N–H and O–H groups in total. The molecule has 6 aromatic heterocycles. The summed E-state index contributed by atoms with van der Waals surface area (Å²) in [6.45, 7) is 16.5. The molecular formula is C56H77Br2N15O6. The van der Waals surface area contributed by atoms with Gasteiger partial charge in [-0.3, -0.25) is 19.4 Å². The van der Waals surface area contributed by atoms with Crippen LogP contribution in [0.1, 0.15) is 91.5 Å². The third-order valence-electron chi connectivity index (χ3n) is 15.0. The number of carbonyl (C=O) groups is 3. The fourth-order valence-corrected chi connectivity index (χ4v) is 12.2. The summed E-state index contributed by atoms with van der Waals surface area (Å²) in [6, 6.07) is 0.455. The van der Waals surface area contributed by atoms with E-state index in [0.29, 0.717) is 47.9 Å². The van der Waals surface area contributed by atoms with Crippen molar-refractivity contribution in [2.45, 2.75) is 123 Å². The van der Waals surface area contributed by atoms with E-state index in [4.69, 9.17) is 14.2 Å². The molecule has 0 aliphatic carbocycles. The summed E-state index contributed by atoms with van der Waals surface area (Å²) in [5, 5.41) is 19.3. The van der Waals surface area contributed by atoms with Crippen LogP contribution < -0.4 is 41.3 Å². The molecule has 3 aliphatic rings. The van der Waals surface area contributed by atoms with Crippen LogP contribution in [0.3, 0.4) is 0 Å². The molecule has 426 valence electrons. The van der Waals surface area contributed by atoms with E-state index in [9.17, 15) is 14.4 Å². The number of piperidine rings is 3. The number of aromatic nitrogens is 6. The van der Waals surface area contributed by atoms with E-state index in [1.807, 2.05) is 46.4 Å². The van der Waals surface area contributed by atoms with Gasteiger partial charge >= 0.3 is 0 Å². The van der Waals surface area contributed by atoms with Crippen molar-refractivity contribution in [3.8, 4) is 0 Å². The maximum atomic E-state index is 13.8. The molecule has 3 saturated heterocycles. The Bertz CT molecular complexity index is 3100. The third kappa shape index (κ3) is 14.3. The summed E-state index contributed by atoms with van der Waals surface area (Å²) in [6.07, 6.45) is 18.4. The molecule has 79 heavy (non-hydrogen) atoms. The Labute approximate surface area is 478 Å². The van der Waals surface area contributed by atoms with Crippen molar-refractivity contribution in [3.63, 3.8) is 0 Å². The second kappa shape index (κ2) is 27.2. The second-order valence-electron chi connectivity index (χ2n) is 21.2. The van der Waals surface area contributed by atoms with Crippen molar-refractivity contribution < 1.29 is 28.6 Å². The molecule has 0 spiro atoms. The molecule has 0 saturated carbocycles. The average molecular weight is 1220 g/mol. The fraction of sp³-hybridized carbons (Fsp3) is 0.554. The first-order valence-corrected chi connectivity index (χ1v) is 29.6. The number of pyridine rings is 3. The molecule has 4 atom stereocenters. The summed E-state index contributed by atoms with van der Waals surface area (Å²) in [5.74, 6) is -0.664. The monoisotopic (exact) mass is 1210 g/mol. The molecule has 0 radical (unpaired) electrons. The molecule has 3 amide bonds. The maximum Gasteiger partial charge on any atom is 0.253 e. The molecule has 2 unspecified atom stereocenters. The molecular weight excluding hydrogens is 1140 g/mol. The van der Waals surface area contributed by atoms with E-state index < -0.39 is 6.10 Å². The van der Waals surface area contributed by atoms with Crippen LogP contribution in [0.4, 0.5) is 34.1 Å². The van der Waals surface area contributed by atoms with Gasteiger partial charge in [-0.15, -0.1) is 0 Å². The van der Waals surface area contributed by atoms with Gasteiger partial charge < -0.3 is 70.4 Å². The zero-order chi connectivity index (χ0) is 55.6. The van der Waals surface area contributed by atoms with Crippen LogP contribution in [0.5, 0.6) is 0 Å². The number of H-pyrrole nitrogens is 3. The Kier molecular flexibility index (Phi) is 19.9.